The van der Waals surface area contributed by atoms with E-state index in [-0.39, 0.29) is 11.8 Å². The molecule has 0 aliphatic heterocycles. The molecule has 2 rings (SSSR count). The predicted molar refractivity (Wildman–Crippen MR) is 109 cm³/mol. The Kier molecular flexibility index (Phi) is 7.17. The Balaban J connectivity index is 2.32. The Morgan fingerprint density at radius 3 is 2.30 bits per heavy atom. The van der Waals surface area contributed by atoms with Gasteiger partial charge in [0.25, 0.3) is 0 Å². The minimum absolute atomic E-state index is 0.0306. The molecule has 0 heterocycles. The van der Waals surface area contributed by atoms with Crippen LogP contribution in [0.2, 0.25) is 0 Å². The summed E-state index contributed by atoms with van der Waals surface area (Å²) in [5.74, 6) is -0.156. The van der Waals surface area contributed by atoms with E-state index in [1.165, 1.54) is 11.1 Å². The number of amides is 2. The first kappa shape index (κ1) is 20.7. The lowest BCUT2D eigenvalue weighted by molar-refractivity contribution is -0.140. The second kappa shape index (κ2) is 9.36. The van der Waals surface area contributed by atoms with Crippen LogP contribution < -0.4 is 5.32 Å². The van der Waals surface area contributed by atoms with Crippen molar-refractivity contribution in [3.05, 3.63) is 70.3 Å². The minimum Gasteiger partial charge on any atom is -0.357 e. The molecule has 0 aliphatic carbocycles. The van der Waals surface area contributed by atoms with Crippen LogP contribution in [-0.4, -0.2) is 29.8 Å². The zero-order valence-electron chi connectivity index (χ0n) is 17.0. The van der Waals surface area contributed by atoms with Gasteiger partial charge in [0.15, 0.2) is 0 Å². The number of hydrogen-bond donors (Lipinski definition) is 1. The smallest absolute Gasteiger partial charge is 0.242 e. The van der Waals surface area contributed by atoms with Crippen LogP contribution in [-0.2, 0) is 22.6 Å². The topological polar surface area (TPSA) is 49.4 Å². The number of likely N-dealkylation sites (N-methyl/N-ethyl adjacent to an activating group) is 1. The van der Waals surface area contributed by atoms with Gasteiger partial charge in [0, 0.05) is 13.6 Å². The second-order valence-corrected chi connectivity index (χ2v) is 7.08. The number of aryl methyl sites for hydroxylation is 3. The third kappa shape index (κ3) is 5.19. The Morgan fingerprint density at radius 1 is 1.00 bits per heavy atom. The predicted octanol–water partition coefficient (Wildman–Crippen LogP) is 3.71. The van der Waals surface area contributed by atoms with Crippen molar-refractivity contribution in [3.63, 3.8) is 0 Å². The summed E-state index contributed by atoms with van der Waals surface area (Å²) in [5, 5.41) is 2.70. The number of nitrogens with zero attached hydrogens (tertiary/aromatic N) is 1. The van der Waals surface area contributed by atoms with Crippen LogP contribution in [0.25, 0.3) is 0 Å². The molecular formula is C23H30N2O2. The van der Waals surface area contributed by atoms with Crippen molar-refractivity contribution < 1.29 is 9.59 Å². The van der Waals surface area contributed by atoms with Crippen molar-refractivity contribution in [1.82, 2.24) is 10.2 Å². The molecule has 1 atom stereocenters. The second-order valence-electron chi connectivity index (χ2n) is 7.08. The van der Waals surface area contributed by atoms with Crippen LogP contribution >= 0.6 is 0 Å². The lowest BCUT2D eigenvalue weighted by atomic mass is 10.0. The summed E-state index contributed by atoms with van der Waals surface area (Å²) in [6.45, 7) is 8.51. The molecule has 4 nitrogen and oxygen atoms in total. The number of carbonyl (C=O) groups is 2. The van der Waals surface area contributed by atoms with E-state index < -0.39 is 6.04 Å². The number of nitrogens with one attached hydrogen (secondary N) is 1. The van der Waals surface area contributed by atoms with E-state index in [4.69, 9.17) is 0 Å². The van der Waals surface area contributed by atoms with Crippen molar-refractivity contribution >= 4 is 11.8 Å². The van der Waals surface area contributed by atoms with E-state index in [2.05, 4.69) is 18.3 Å². The first-order valence-corrected chi connectivity index (χ1v) is 9.49. The lowest BCUT2D eigenvalue weighted by Crippen LogP contribution is -2.48. The molecule has 0 aromatic heterocycles. The largest absolute Gasteiger partial charge is 0.357 e. The molecule has 0 fully saturated rings. The molecular weight excluding hydrogens is 336 g/mol. The molecule has 0 bridgehead atoms. The van der Waals surface area contributed by atoms with Crippen molar-refractivity contribution in [2.45, 2.75) is 53.1 Å². The number of benzene rings is 2. The van der Waals surface area contributed by atoms with Gasteiger partial charge in [-0.05, 0) is 55.0 Å². The van der Waals surface area contributed by atoms with Gasteiger partial charge < -0.3 is 10.2 Å². The highest BCUT2D eigenvalue weighted by Crippen LogP contribution is 2.18. The maximum atomic E-state index is 13.2. The summed E-state index contributed by atoms with van der Waals surface area (Å²) in [7, 11) is 1.62. The highest BCUT2D eigenvalue weighted by atomic mass is 16.2. The van der Waals surface area contributed by atoms with Crippen LogP contribution in [0.3, 0.4) is 0 Å². The molecule has 2 aromatic rings. The SMILES string of the molecule is CC[C@@H](C(=O)NC)N(Cc1ccccc1C)C(=O)Cc1ccc(C)c(C)c1. The van der Waals surface area contributed by atoms with Crippen LogP contribution in [0.1, 0.15) is 41.2 Å². The average molecular weight is 367 g/mol. The van der Waals surface area contributed by atoms with Gasteiger partial charge in [-0.25, -0.2) is 0 Å². The maximum absolute atomic E-state index is 13.2. The normalized spacial score (nSPS) is 11.7. The van der Waals surface area contributed by atoms with Gasteiger partial charge in [0.05, 0.1) is 6.42 Å². The van der Waals surface area contributed by atoms with Gasteiger partial charge in [0.2, 0.25) is 11.8 Å². The highest BCUT2D eigenvalue weighted by Gasteiger charge is 2.28. The molecule has 2 amide bonds. The lowest BCUT2D eigenvalue weighted by Gasteiger charge is -2.31. The summed E-state index contributed by atoms with van der Waals surface area (Å²) < 4.78 is 0. The van der Waals surface area contributed by atoms with Gasteiger partial charge in [0.1, 0.15) is 6.04 Å². The fourth-order valence-electron chi connectivity index (χ4n) is 3.25. The van der Waals surface area contributed by atoms with Crippen LogP contribution in [0, 0.1) is 20.8 Å². The molecule has 4 heteroatoms. The Morgan fingerprint density at radius 2 is 1.70 bits per heavy atom. The molecule has 0 saturated carbocycles. The maximum Gasteiger partial charge on any atom is 0.242 e. The highest BCUT2D eigenvalue weighted by molar-refractivity contribution is 5.88. The van der Waals surface area contributed by atoms with Gasteiger partial charge in [-0.15, -0.1) is 0 Å². The molecule has 0 spiro atoms. The van der Waals surface area contributed by atoms with Gasteiger partial charge >= 0.3 is 0 Å². The third-order valence-electron chi connectivity index (χ3n) is 5.16. The standard InChI is InChI=1S/C23H30N2O2/c1-6-21(23(27)24-5)25(15-20-10-8-7-9-17(20)3)22(26)14-19-12-11-16(2)18(4)13-19/h7-13,21H,6,14-15H2,1-5H3,(H,24,27)/t21-/m0/s1. The Bertz CT molecular complexity index is 814. The van der Waals surface area contributed by atoms with E-state index in [9.17, 15) is 9.59 Å². The number of rotatable bonds is 7. The van der Waals surface area contributed by atoms with Crippen molar-refractivity contribution in [2.75, 3.05) is 7.05 Å². The molecule has 0 saturated heterocycles. The Hall–Kier alpha value is -2.62. The molecule has 27 heavy (non-hydrogen) atoms. The van der Waals surface area contributed by atoms with E-state index in [0.717, 1.165) is 16.7 Å². The average Bonchev–Trinajstić information content (AvgIpc) is 2.65. The van der Waals surface area contributed by atoms with Crippen molar-refractivity contribution in [3.8, 4) is 0 Å². The fourth-order valence-corrected chi connectivity index (χ4v) is 3.25. The quantitative estimate of drug-likeness (QED) is 0.812. The summed E-state index contributed by atoms with van der Waals surface area (Å²) in [4.78, 5) is 27.3. The van der Waals surface area contributed by atoms with E-state index >= 15 is 0 Å². The zero-order chi connectivity index (χ0) is 20.0. The van der Waals surface area contributed by atoms with Gasteiger partial charge in [-0.2, -0.15) is 0 Å². The van der Waals surface area contributed by atoms with Crippen LogP contribution in [0.5, 0.6) is 0 Å². The summed E-state index contributed by atoms with van der Waals surface area (Å²) in [6.07, 6.45) is 0.866. The molecule has 0 unspecified atom stereocenters. The van der Waals surface area contributed by atoms with E-state index in [1.54, 1.807) is 11.9 Å². The minimum atomic E-state index is -0.478. The Labute approximate surface area is 162 Å². The molecule has 0 radical (unpaired) electrons. The van der Waals surface area contributed by atoms with E-state index in [0.29, 0.717) is 19.4 Å². The third-order valence-corrected chi connectivity index (χ3v) is 5.16. The molecule has 0 aliphatic rings. The monoisotopic (exact) mass is 366 g/mol. The first-order chi connectivity index (χ1) is 12.9. The van der Waals surface area contributed by atoms with E-state index in [1.807, 2.05) is 57.2 Å². The number of hydrogen-bond acceptors (Lipinski definition) is 2. The summed E-state index contributed by atoms with van der Waals surface area (Å²) in [5.41, 5.74) is 5.54. The molecule has 1 N–H and O–H groups in total. The molecule has 144 valence electrons. The van der Waals surface area contributed by atoms with Crippen molar-refractivity contribution in [1.29, 1.82) is 0 Å². The van der Waals surface area contributed by atoms with Gasteiger partial charge in [-0.3, -0.25) is 9.59 Å². The molecule has 2 aromatic carbocycles. The zero-order valence-corrected chi connectivity index (χ0v) is 17.0. The summed E-state index contributed by atoms with van der Waals surface area (Å²) in [6, 6.07) is 13.6. The van der Waals surface area contributed by atoms with Gasteiger partial charge in [-0.1, -0.05) is 49.4 Å². The number of carbonyl (C=O) groups excluding carboxylic acids is 2. The van der Waals surface area contributed by atoms with Crippen molar-refractivity contribution in [2.24, 2.45) is 0 Å². The van der Waals surface area contributed by atoms with Crippen LogP contribution in [0.15, 0.2) is 42.5 Å². The van der Waals surface area contributed by atoms with Crippen LogP contribution in [0.4, 0.5) is 0 Å². The summed E-state index contributed by atoms with van der Waals surface area (Å²) >= 11 is 0. The fraction of sp³-hybridized carbons (Fsp3) is 0.391. The first-order valence-electron chi connectivity index (χ1n) is 9.49.